The van der Waals surface area contributed by atoms with Crippen LogP contribution in [0.1, 0.15) is 37.1 Å². The minimum absolute atomic E-state index is 0.0202. The summed E-state index contributed by atoms with van der Waals surface area (Å²) in [5.74, 6) is 0.916. The monoisotopic (exact) mass is 408 g/mol. The maximum Gasteiger partial charge on any atom is 0.277 e. The second kappa shape index (κ2) is 9.36. The molecule has 1 aliphatic rings. The third-order valence-corrected chi connectivity index (χ3v) is 6.34. The van der Waals surface area contributed by atoms with E-state index in [4.69, 9.17) is 4.42 Å². The van der Waals surface area contributed by atoms with E-state index in [-0.39, 0.29) is 24.1 Å². The predicted molar refractivity (Wildman–Crippen MR) is 106 cm³/mol. The van der Waals surface area contributed by atoms with Crippen LogP contribution in [0.3, 0.4) is 0 Å². The minimum atomic E-state index is -0.244. The average molecular weight is 409 g/mol. The number of carbonyl (C=O) groups is 2. The van der Waals surface area contributed by atoms with Crippen LogP contribution in [0.25, 0.3) is 10.8 Å². The molecular formula is C18H24N4O3S2. The van der Waals surface area contributed by atoms with Gasteiger partial charge in [-0.2, -0.15) is 0 Å². The first-order valence-corrected chi connectivity index (χ1v) is 11.0. The number of nitrogens with one attached hydrogen (secondary N) is 2. The molecule has 9 heteroatoms. The molecule has 146 valence electrons. The normalized spacial score (nSPS) is 16.0. The Morgan fingerprint density at radius 2 is 2.19 bits per heavy atom. The lowest BCUT2D eigenvalue weighted by Gasteiger charge is -2.16. The number of rotatable bonds is 8. The van der Waals surface area contributed by atoms with Crippen molar-refractivity contribution in [1.82, 2.24) is 20.8 Å². The Labute approximate surface area is 166 Å². The van der Waals surface area contributed by atoms with E-state index >= 15 is 0 Å². The number of hydrogen-bond donors (Lipinski definition) is 2. The van der Waals surface area contributed by atoms with E-state index in [9.17, 15) is 9.59 Å². The zero-order valence-corrected chi connectivity index (χ0v) is 17.2. The van der Waals surface area contributed by atoms with Crippen LogP contribution in [-0.2, 0) is 22.4 Å². The maximum absolute atomic E-state index is 11.8. The number of aryl methyl sites for hydroxylation is 1. The summed E-state index contributed by atoms with van der Waals surface area (Å²) in [7, 11) is 0. The van der Waals surface area contributed by atoms with Crippen LogP contribution >= 0.6 is 23.1 Å². The molecule has 1 aliphatic carbocycles. The number of fused-ring (bicyclic) bond motifs is 1. The lowest BCUT2D eigenvalue weighted by atomic mass is 9.90. The van der Waals surface area contributed by atoms with Gasteiger partial charge in [0.1, 0.15) is 0 Å². The van der Waals surface area contributed by atoms with Crippen LogP contribution < -0.4 is 10.6 Å². The first kappa shape index (κ1) is 19.9. The van der Waals surface area contributed by atoms with E-state index in [0.717, 1.165) is 30.1 Å². The molecule has 0 fully saturated rings. The van der Waals surface area contributed by atoms with Crippen LogP contribution in [0.2, 0.25) is 0 Å². The van der Waals surface area contributed by atoms with Gasteiger partial charge >= 0.3 is 0 Å². The van der Waals surface area contributed by atoms with Crippen molar-refractivity contribution >= 4 is 34.9 Å². The molecule has 0 spiro atoms. The first-order chi connectivity index (χ1) is 13.0. The zero-order valence-electron chi connectivity index (χ0n) is 15.5. The van der Waals surface area contributed by atoms with E-state index in [0.29, 0.717) is 17.7 Å². The largest absolute Gasteiger partial charge is 0.410 e. The molecule has 0 aromatic carbocycles. The highest BCUT2D eigenvalue weighted by Gasteiger charge is 2.21. The predicted octanol–water partition coefficient (Wildman–Crippen LogP) is 2.66. The summed E-state index contributed by atoms with van der Waals surface area (Å²) in [5.41, 5.74) is 1.39. The van der Waals surface area contributed by atoms with Crippen molar-refractivity contribution in [2.24, 2.45) is 5.92 Å². The third kappa shape index (κ3) is 5.55. The Morgan fingerprint density at radius 1 is 1.33 bits per heavy atom. The summed E-state index contributed by atoms with van der Waals surface area (Å²) in [6, 6.07) is 2.15. The average Bonchev–Trinajstić information content (AvgIpc) is 3.29. The molecule has 0 saturated carbocycles. The fraction of sp³-hybridized carbons (Fsp3) is 0.556. The summed E-state index contributed by atoms with van der Waals surface area (Å²) in [5, 5.41) is 13.8. The standard InChI is InChI=1S/C18H24N4O3S2/c1-3-6-19-15(23)9-20-16(24)10-26-18-22-21-17(25-18)14-8-12-7-11(2)4-5-13(12)27-14/h8,11H,3-7,9-10H2,1-2H3,(H,19,23)(H,20,24)/t11-/m1/s1. The number of hydrogen-bond acceptors (Lipinski definition) is 7. The van der Waals surface area contributed by atoms with Gasteiger partial charge in [-0.3, -0.25) is 9.59 Å². The number of amides is 2. The Bertz CT molecular complexity index is 802. The summed E-state index contributed by atoms with van der Waals surface area (Å²) >= 11 is 2.89. The van der Waals surface area contributed by atoms with Gasteiger partial charge in [-0.05, 0) is 43.2 Å². The van der Waals surface area contributed by atoms with Gasteiger partial charge in [0, 0.05) is 11.4 Å². The molecule has 0 unspecified atom stereocenters. The quantitative estimate of drug-likeness (QED) is 0.652. The lowest BCUT2D eigenvalue weighted by Crippen LogP contribution is -2.37. The molecule has 0 saturated heterocycles. The highest BCUT2D eigenvalue weighted by molar-refractivity contribution is 7.99. The van der Waals surface area contributed by atoms with Crippen LogP contribution in [0.4, 0.5) is 0 Å². The van der Waals surface area contributed by atoms with Gasteiger partial charge in [0.15, 0.2) is 0 Å². The Hall–Kier alpha value is -1.87. The SMILES string of the molecule is CCCNC(=O)CNC(=O)CSc1nnc(-c2cc3c(s2)CC[C@@H](C)C3)o1. The van der Waals surface area contributed by atoms with Crippen molar-refractivity contribution in [1.29, 1.82) is 0 Å². The zero-order chi connectivity index (χ0) is 19.2. The maximum atomic E-state index is 11.8. The number of thiophene rings is 1. The van der Waals surface area contributed by atoms with Crippen molar-refractivity contribution in [2.75, 3.05) is 18.8 Å². The van der Waals surface area contributed by atoms with Crippen molar-refractivity contribution in [3.63, 3.8) is 0 Å². The van der Waals surface area contributed by atoms with Crippen molar-refractivity contribution in [3.8, 4) is 10.8 Å². The molecule has 2 heterocycles. The number of aromatic nitrogens is 2. The van der Waals surface area contributed by atoms with E-state index < -0.39 is 0 Å². The molecule has 0 radical (unpaired) electrons. The second-order valence-electron chi connectivity index (χ2n) is 6.70. The van der Waals surface area contributed by atoms with Crippen LogP contribution in [0.15, 0.2) is 15.7 Å². The molecule has 2 aromatic rings. The number of nitrogens with zero attached hydrogens (tertiary/aromatic N) is 2. The second-order valence-corrected chi connectivity index (χ2v) is 8.76. The molecule has 1 atom stereocenters. The smallest absolute Gasteiger partial charge is 0.277 e. The van der Waals surface area contributed by atoms with E-state index in [1.54, 1.807) is 11.3 Å². The molecule has 2 aromatic heterocycles. The minimum Gasteiger partial charge on any atom is -0.410 e. The molecule has 27 heavy (non-hydrogen) atoms. The summed E-state index contributed by atoms with van der Waals surface area (Å²) in [4.78, 5) is 25.7. The van der Waals surface area contributed by atoms with Gasteiger partial charge in [-0.15, -0.1) is 21.5 Å². The van der Waals surface area contributed by atoms with Crippen molar-refractivity contribution in [2.45, 2.75) is 44.8 Å². The van der Waals surface area contributed by atoms with Crippen LogP contribution in [0, 0.1) is 5.92 Å². The fourth-order valence-electron chi connectivity index (χ4n) is 2.86. The lowest BCUT2D eigenvalue weighted by molar-refractivity contribution is -0.124. The molecule has 7 nitrogen and oxygen atoms in total. The molecular weight excluding hydrogens is 384 g/mol. The van der Waals surface area contributed by atoms with Crippen molar-refractivity contribution < 1.29 is 14.0 Å². The first-order valence-electron chi connectivity index (χ1n) is 9.16. The summed E-state index contributed by atoms with van der Waals surface area (Å²) in [6.45, 7) is 4.84. The summed E-state index contributed by atoms with van der Waals surface area (Å²) < 4.78 is 5.70. The van der Waals surface area contributed by atoms with Crippen LogP contribution in [0.5, 0.6) is 0 Å². The van der Waals surface area contributed by atoms with Gasteiger partial charge < -0.3 is 15.1 Å². The van der Waals surface area contributed by atoms with Crippen LogP contribution in [-0.4, -0.2) is 40.9 Å². The highest BCUT2D eigenvalue weighted by Crippen LogP contribution is 2.37. The number of carbonyl (C=O) groups excluding carboxylic acids is 2. The van der Waals surface area contributed by atoms with Crippen molar-refractivity contribution in [3.05, 3.63) is 16.5 Å². The van der Waals surface area contributed by atoms with Gasteiger partial charge in [0.25, 0.3) is 11.1 Å². The fourth-order valence-corrected chi connectivity index (χ4v) is 4.59. The third-order valence-electron chi connectivity index (χ3n) is 4.29. The molecule has 0 bridgehead atoms. The van der Waals surface area contributed by atoms with Gasteiger partial charge in [0.2, 0.25) is 11.8 Å². The van der Waals surface area contributed by atoms with E-state index in [1.807, 2.05) is 6.92 Å². The Morgan fingerprint density at radius 3 is 3.00 bits per heavy atom. The van der Waals surface area contributed by atoms with Gasteiger partial charge in [-0.1, -0.05) is 25.6 Å². The number of thioether (sulfide) groups is 1. The molecule has 0 aliphatic heterocycles. The Balaban J connectivity index is 1.48. The van der Waals surface area contributed by atoms with E-state index in [1.165, 1.54) is 28.6 Å². The van der Waals surface area contributed by atoms with E-state index in [2.05, 4.69) is 33.8 Å². The molecule has 2 N–H and O–H groups in total. The Kier molecular flexibility index (Phi) is 6.89. The molecule has 3 rings (SSSR count). The molecule has 2 amide bonds. The van der Waals surface area contributed by atoms with Gasteiger partial charge in [-0.25, -0.2) is 0 Å². The summed E-state index contributed by atoms with van der Waals surface area (Å²) in [6.07, 6.45) is 4.31. The van der Waals surface area contributed by atoms with Gasteiger partial charge in [0.05, 0.1) is 17.2 Å². The topological polar surface area (TPSA) is 97.1 Å². The highest BCUT2D eigenvalue weighted by atomic mass is 32.2.